The summed E-state index contributed by atoms with van der Waals surface area (Å²) < 4.78 is 16.7. The van der Waals surface area contributed by atoms with Crippen LogP contribution in [0.15, 0.2) is 84.9 Å². The third kappa shape index (κ3) is 6.56. The van der Waals surface area contributed by atoms with E-state index < -0.39 is 0 Å². The standard InChI is InChI=1S/C33H35N3O5/c1-39-29-13-9-26(10-14-29)34-33(38)23-7-11-27(12-8-23)36-17-15-35(16-18-36)22-30-31(40-2)20-25(21-32(30)41-3)24-5-4-6-28(37)19-24/h4-14,19-21,37H,15-18,22H2,1-3H3,(H,34,38). The maximum atomic E-state index is 12.7. The number of phenols is 1. The summed E-state index contributed by atoms with van der Waals surface area (Å²) in [4.78, 5) is 17.4. The molecule has 0 radical (unpaired) electrons. The minimum Gasteiger partial charge on any atom is -0.508 e. The van der Waals surface area contributed by atoms with Crippen molar-refractivity contribution in [1.82, 2.24) is 4.90 Å². The summed E-state index contributed by atoms with van der Waals surface area (Å²) >= 11 is 0. The van der Waals surface area contributed by atoms with E-state index in [9.17, 15) is 9.90 Å². The van der Waals surface area contributed by atoms with Crippen molar-refractivity contribution >= 4 is 17.3 Å². The van der Waals surface area contributed by atoms with Gasteiger partial charge in [0.1, 0.15) is 23.0 Å². The number of benzene rings is 4. The zero-order valence-corrected chi connectivity index (χ0v) is 23.6. The van der Waals surface area contributed by atoms with E-state index in [4.69, 9.17) is 14.2 Å². The average Bonchev–Trinajstić information content (AvgIpc) is 3.02. The number of carbonyl (C=O) groups is 1. The summed E-state index contributed by atoms with van der Waals surface area (Å²) in [6.07, 6.45) is 0. The van der Waals surface area contributed by atoms with Gasteiger partial charge in [-0.1, -0.05) is 12.1 Å². The lowest BCUT2D eigenvalue weighted by Gasteiger charge is -2.36. The Hall–Kier alpha value is -4.69. The maximum Gasteiger partial charge on any atom is 0.255 e. The Balaban J connectivity index is 1.20. The van der Waals surface area contributed by atoms with Gasteiger partial charge in [-0.05, 0) is 83.9 Å². The number of ether oxygens (including phenoxy) is 3. The molecule has 1 aliphatic rings. The van der Waals surface area contributed by atoms with Crippen molar-refractivity contribution in [2.45, 2.75) is 6.54 Å². The van der Waals surface area contributed by atoms with Gasteiger partial charge in [0.25, 0.3) is 5.91 Å². The number of hydrogen-bond donors (Lipinski definition) is 2. The number of anilines is 2. The molecule has 4 aromatic carbocycles. The van der Waals surface area contributed by atoms with E-state index in [-0.39, 0.29) is 11.7 Å². The second-order valence-corrected chi connectivity index (χ2v) is 9.90. The summed E-state index contributed by atoms with van der Waals surface area (Å²) in [7, 11) is 4.95. The number of carbonyl (C=O) groups excluding carboxylic acids is 1. The highest BCUT2D eigenvalue weighted by Crippen LogP contribution is 2.37. The molecule has 41 heavy (non-hydrogen) atoms. The van der Waals surface area contributed by atoms with E-state index in [1.165, 1.54) is 0 Å². The fourth-order valence-electron chi connectivity index (χ4n) is 5.08. The Labute approximate surface area is 240 Å². The van der Waals surface area contributed by atoms with Crippen molar-refractivity contribution in [2.75, 3.05) is 57.7 Å². The normalized spacial score (nSPS) is 13.5. The van der Waals surface area contributed by atoms with Gasteiger partial charge in [0.05, 0.1) is 26.9 Å². The molecule has 0 unspecified atom stereocenters. The maximum absolute atomic E-state index is 12.7. The molecule has 1 fully saturated rings. The molecule has 1 saturated heterocycles. The van der Waals surface area contributed by atoms with E-state index in [2.05, 4.69) is 15.1 Å². The van der Waals surface area contributed by atoms with E-state index in [0.29, 0.717) is 12.1 Å². The van der Waals surface area contributed by atoms with Crippen LogP contribution in [0.25, 0.3) is 11.1 Å². The number of rotatable bonds is 9. The Morgan fingerprint density at radius 1 is 0.780 bits per heavy atom. The van der Waals surface area contributed by atoms with Crippen LogP contribution in [0.3, 0.4) is 0 Å². The molecule has 212 valence electrons. The predicted molar refractivity (Wildman–Crippen MR) is 162 cm³/mol. The van der Waals surface area contributed by atoms with Gasteiger partial charge in [0, 0.05) is 49.7 Å². The van der Waals surface area contributed by atoms with Crippen LogP contribution in [0, 0.1) is 0 Å². The molecule has 8 nitrogen and oxygen atoms in total. The third-order valence-electron chi connectivity index (χ3n) is 7.38. The largest absolute Gasteiger partial charge is 0.508 e. The first-order valence-corrected chi connectivity index (χ1v) is 13.5. The predicted octanol–water partition coefficient (Wildman–Crippen LogP) is 5.66. The zero-order chi connectivity index (χ0) is 28.8. The fraction of sp³-hybridized carbons (Fsp3) is 0.242. The van der Waals surface area contributed by atoms with Gasteiger partial charge in [-0.3, -0.25) is 9.69 Å². The van der Waals surface area contributed by atoms with Gasteiger partial charge < -0.3 is 29.5 Å². The topological polar surface area (TPSA) is 83.5 Å². The van der Waals surface area contributed by atoms with Crippen LogP contribution < -0.4 is 24.4 Å². The minimum atomic E-state index is -0.149. The van der Waals surface area contributed by atoms with Gasteiger partial charge in [0.2, 0.25) is 0 Å². The molecule has 8 heteroatoms. The number of phenolic OH excluding ortho intramolecular Hbond substituents is 1. The summed E-state index contributed by atoms with van der Waals surface area (Å²) in [5, 5.41) is 12.8. The molecule has 0 atom stereocenters. The molecule has 5 rings (SSSR count). The molecule has 0 spiro atoms. The van der Waals surface area contributed by atoms with Crippen LogP contribution in [0.4, 0.5) is 11.4 Å². The van der Waals surface area contributed by atoms with E-state index in [1.54, 1.807) is 33.5 Å². The van der Waals surface area contributed by atoms with E-state index in [1.807, 2.05) is 72.8 Å². The van der Waals surface area contributed by atoms with Crippen LogP contribution >= 0.6 is 0 Å². The Morgan fingerprint density at radius 3 is 2.02 bits per heavy atom. The second kappa shape index (κ2) is 12.7. The molecule has 1 amide bonds. The highest BCUT2D eigenvalue weighted by Gasteiger charge is 2.22. The van der Waals surface area contributed by atoms with E-state index >= 15 is 0 Å². The fourth-order valence-corrected chi connectivity index (χ4v) is 5.08. The highest BCUT2D eigenvalue weighted by atomic mass is 16.5. The number of hydrogen-bond acceptors (Lipinski definition) is 7. The molecule has 0 saturated carbocycles. The SMILES string of the molecule is COc1ccc(NC(=O)c2ccc(N3CCN(Cc4c(OC)cc(-c5cccc(O)c5)cc4OC)CC3)cc2)cc1. The molecule has 0 bridgehead atoms. The van der Waals surface area contributed by atoms with E-state index in [0.717, 1.165) is 71.5 Å². The van der Waals surface area contributed by atoms with Crippen molar-refractivity contribution in [2.24, 2.45) is 0 Å². The summed E-state index contributed by atoms with van der Waals surface area (Å²) in [5.41, 5.74) is 5.24. The van der Waals surface area contributed by atoms with Crippen molar-refractivity contribution < 1.29 is 24.1 Å². The first-order chi connectivity index (χ1) is 20.0. The summed E-state index contributed by atoms with van der Waals surface area (Å²) in [5.74, 6) is 2.33. The zero-order valence-electron chi connectivity index (χ0n) is 23.6. The average molecular weight is 554 g/mol. The first kappa shape index (κ1) is 27.9. The van der Waals surface area contributed by atoms with Crippen LogP contribution in [-0.2, 0) is 6.54 Å². The van der Waals surface area contributed by atoms with Gasteiger partial charge in [-0.25, -0.2) is 0 Å². The van der Waals surface area contributed by atoms with Crippen LogP contribution in [0.2, 0.25) is 0 Å². The number of piperazine rings is 1. The van der Waals surface area contributed by atoms with Gasteiger partial charge >= 0.3 is 0 Å². The molecule has 4 aromatic rings. The third-order valence-corrected chi connectivity index (χ3v) is 7.38. The van der Waals surface area contributed by atoms with Gasteiger partial charge in [0.15, 0.2) is 0 Å². The van der Waals surface area contributed by atoms with Crippen molar-refractivity contribution in [3.8, 4) is 34.1 Å². The molecule has 0 aliphatic carbocycles. The second-order valence-electron chi connectivity index (χ2n) is 9.90. The first-order valence-electron chi connectivity index (χ1n) is 13.5. The molecule has 1 aliphatic heterocycles. The van der Waals surface area contributed by atoms with Gasteiger partial charge in [-0.2, -0.15) is 0 Å². The summed E-state index contributed by atoms with van der Waals surface area (Å²) in [6, 6.07) is 26.2. The smallest absolute Gasteiger partial charge is 0.255 e. The van der Waals surface area contributed by atoms with Crippen LogP contribution in [-0.4, -0.2) is 63.4 Å². The number of nitrogens with zero attached hydrogens (tertiary/aromatic N) is 2. The number of aromatic hydroxyl groups is 1. The van der Waals surface area contributed by atoms with Crippen molar-refractivity contribution in [3.63, 3.8) is 0 Å². The van der Waals surface area contributed by atoms with Crippen molar-refractivity contribution in [3.05, 3.63) is 96.1 Å². The molecular weight excluding hydrogens is 518 g/mol. The molecule has 0 aromatic heterocycles. The molecule has 1 heterocycles. The molecule has 2 N–H and O–H groups in total. The lowest BCUT2D eigenvalue weighted by molar-refractivity contribution is 0.102. The van der Waals surface area contributed by atoms with Crippen LogP contribution in [0.1, 0.15) is 15.9 Å². The Kier molecular flexibility index (Phi) is 8.60. The Morgan fingerprint density at radius 2 is 1.44 bits per heavy atom. The molecular formula is C33H35N3O5. The quantitative estimate of drug-likeness (QED) is 0.277. The number of amides is 1. The number of methoxy groups -OCH3 is 3. The number of nitrogens with one attached hydrogen (secondary N) is 1. The Bertz CT molecular complexity index is 1450. The van der Waals surface area contributed by atoms with Crippen LogP contribution in [0.5, 0.6) is 23.0 Å². The minimum absolute atomic E-state index is 0.149. The summed E-state index contributed by atoms with van der Waals surface area (Å²) in [6.45, 7) is 4.18. The lowest BCUT2D eigenvalue weighted by Crippen LogP contribution is -2.46. The lowest BCUT2D eigenvalue weighted by atomic mass is 10.0. The monoisotopic (exact) mass is 553 g/mol. The van der Waals surface area contributed by atoms with Crippen molar-refractivity contribution in [1.29, 1.82) is 0 Å². The highest BCUT2D eigenvalue weighted by molar-refractivity contribution is 6.04. The van der Waals surface area contributed by atoms with Gasteiger partial charge in [-0.15, -0.1) is 0 Å².